The number of nitrogens with one attached hydrogen (secondary N) is 1. The third kappa shape index (κ3) is 12.6. The molecule has 1 atom stereocenters. The van der Waals surface area contributed by atoms with Crippen molar-refractivity contribution in [3.63, 3.8) is 0 Å². The summed E-state index contributed by atoms with van der Waals surface area (Å²) in [5.74, 6) is 0.607. The van der Waals surface area contributed by atoms with Crippen LogP contribution in [0.25, 0.3) is 0 Å². The summed E-state index contributed by atoms with van der Waals surface area (Å²) in [6, 6.07) is 11.7. The number of ether oxygens (including phenoxy) is 3. The second kappa shape index (κ2) is 20.2. The molecule has 0 saturated carbocycles. The molecule has 1 amide bonds. The number of benzene rings is 2. The van der Waals surface area contributed by atoms with Crippen molar-refractivity contribution in [2.45, 2.75) is 102 Å². The van der Waals surface area contributed by atoms with Crippen molar-refractivity contribution >= 4 is 29.0 Å². The molecule has 40 heavy (non-hydrogen) atoms. The van der Waals surface area contributed by atoms with Gasteiger partial charge in [0.1, 0.15) is 5.75 Å². The van der Waals surface area contributed by atoms with Gasteiger partial charge in [-0.3, -0.25) is 9.59 Å². The van der Waals surface area contributed by atoms with E-state index in [0.29, 0.717) is 35.1 Å². The van der Waals surface area contributed by atoms with Crippen LogP contribution in [0.4, 0.5) is 5.69 Å². The first-order valence-electron chi connectivity index (χ1n) is 14.9. The molecule has 0 aliphatic carbocycles. The minimum absolute atomic E-state index is 0.353. The van der Waals surface area contributed by atoms with Gasteiger partial charge < -0.3 is 19.5 Å². The van der Waals surface area contributed by atoms with E-state index >= 15 is 0 Å². The second-order valence-corrected chi connectivity index (χ2v) is 10.7. The summed E-state index contributed by atoms with van der Waals surface area (Å²) in [6.07, 6.45) is 18.5. The third-order valence-corrected chi connectivity index (χ3v) is 7.41. The topological polar surface area (TPSA) is 73.9 Å². The molecule has 6 nitrogen and oxygen atoms in total. The summed E-state index contributed by atoms with van der Waals surface area (Å²) in [6.45, 7) is 2.92. The van der Waals surface area contributed by atoms with Crippen LogP contribution in [0, 0.1) is 0 Å². The second-order valence-electron chi connectivity index (χ2n) is 10.3. The van der Waals surface area contributed by atoms with Gasteiger partial charge in [0.25, 0.3) is 0 Å². The summed E-state index contributed by atoms with van der Waals surface area (Å²) in [4.78, 5) is 25.3. The predicted molar refractivity (Wildman–Crippen MR) is 164 cm³/mol. The van der Waals surface area contributed by atoms with E-state index in [1.165, 1.54) is 91.3 Å². The monoisotopic (exact) mass is 573 g/mol. The molecule has 0 bridgehead atoms. The Morgan fingerprint density at radius 2 is 1.25 bits per heavy atom. The maximum Gasteiger partial charge on any atom is 0.250 e. The predicted octanol–water partition coefficient (Wildman–Crippen LogP) is 8.99. The Labute approximate surface area is 246 Å². The van der Waals surface area contributed by atoms with Gasteiger partial charge in [0.15, 0.2) is 22.7 Å². The number of Topliss-reactive ketones (excluding diaryl/α,β-unsaturated/α-hetero) is 1. The number of alkyl halides is 1. The van der Waals surface area contributed by atoms with Crippen LogP contribution in [-0.2, 0) is 4.79 Å². The van der Waals surface area contributed by atoms with E-state index in [2.05, 4.69) is 12.2 Å². The summed E-state index contributed by atoms with van der Waals surface area (Å²) in [5, 5.41) is 1.28. The summed E-state index contributed by atoms with van der Waals surface area (Å²) in [5.41, 5.74) is 0.805. The number of carbonyl (C=O) groups is 2. The average molecular weight is 574 g/mol. The van der Waals surface area contributed by atoms with Crippen LogP contribution < -0.4 is 19.5 Å². The molecule has 0 heterocycles. The highest BCUT2D eigenvalue weighted by Gasteiger charge is 2.25. The van der Waals surface area contributed by atoms with Crippen LogP contribution in [-0.4, -0.2) is 37.9 Å². The van der Waals surface area contributed by atoms with Crippen molar-refractivity contribution in [2.24, 2.45) is 0 Å². The van der Waals surface area contributed by atoms with E-state index in [9.17, 15) is 9.59 Å². The minimum atomic E-state index is -1.37. The fourth-order valence-electron chi connectivity index (χ4n) is 4.59. The Morgan fingerprint density at radius 3 is 1.77 bits per heavy atom. The van der Waals surface area contributed by atoms with E-state index in [4.69, 9.17) is 25.8 Å². The third-order valence-electron chi connectivity index (χ3n) is 7.02. The largest absolute Gasteiger partial charge is 0.494 e. The molecule has 0 aliphatic rings. The van der Waals surface area contributed by atoms with Gasteiger partial charge in [-0.1, -0.05) is 90.4 Å². The van der Waals surface area contributed by atoms with Gasteiger partial charge in [0, 0.05) is 17.3 Å². The van der Waals surface area contributed by atoms with E-state index in [-0.39, 0.29) is 0 Å². The SMILES string of the molecule is CCCCCCCCCCCCCCCCOc1ccc(C(=O)C(Cl)C(=O)Nc2ccc(OC)c(OC)c2)cc1. The van der Waals surface area contributed by atoms with Crippen LogP contribution in [0.1, 0.15) is 107 Å². The first-order valence-corrected chi connectivity index (χ1v) is 15.4. The minimum Gasteiger partial charge on any atom is -0.494 e. The Morgan fingerprint density at radius 1 is 0.725 bits per heavy atom. The molecule has 0 spiro atoms. The van der Waals surface area contributed by atoms with Crippen molar-refractivity contribution in [3.8, 4) is 17.2 Å². The average Bonchev–Trinajstić information content (AvgIpc) is 2.98. The first kappa shape index (κ1) is 33.5. The molecule has 2 aromatic rings. The fourth-order valence-corrected chi connectivity index (χ4v) is 4.77. The Bertz CT molecular complexity index is 995. The number of ketones is 1. The highest BCUT2D eigenvalue weighted by Crippen LogP contribution is 2.30. The molecule has 2 aromatic carbocycles. The number of methoxy groups -OCH3 is 2. The number of hydrogen-bond acceptors (Lipinski definition) is 5. The van der Waals surface area contributed by atoms with Gasteiger partial charge in [-0.15, -0.1) is 11.6 Å². The zero-order valence-electron chi connectivity index (χ0n) is 24.6. The zero-order valence-corrected chi connectivity index (χ0v) is 25.4. The number of unbranched alkanes of at least 4 members (excludes halogenated alkanes) is 13. The molecule has 1 unspecified atom stereocenters. The molecule has 0 aliphatic heterocycles. The van der Waals surface area contributed by atoms with Gasteiger partial charge >= 0.3 is 0 Å². The molecular weight excluding hydrogens is 526 g/mol. The number of hydrogen-bond donors (Lipinski definition) is 1. The molecular formula is C33H48ClNO5. The highest BCUT2D eigenvalue weighted by molar-refractivity contribution is 6.45. The number of amides is 1. The molecule has 222 valence electrons. The number of halogens is 1. The van der Waals surface area contributed by atoms with Crippen molar-refractivity contribution in [1.82, 2.24) is 0 Å². The van der Waals surface area contributed by atoms with Gasteiger partial charge in [-0.2, -0.15) is 0 Å². The number of rotatable bonds is 22. The smallest absolute Gasteiger partial charge is 0.250 e. The van der Waals surface area contributed by atoms with Gasteiger partial charge in [0.2, 0.25) is 5.91 Å². The maximum atomic E-state index is 12.7. The van der Waals surface area contributed by atoms with E-state index < -0.39 is 17.1 Å². The van der Waals surface area contributed by atoms with E-state index in [0.717, 1.165) is 12.8 Å². The zero-order chi connectivity index (χ0) is 29.0. The molecule has 7 heteroatoms. The molecule has 0 fully saturated rings. The van der Waals surface area contributed by atoms with Crippen LogP contribution >= 0.6 is 11.6 Å². The van der Waals surface area contributed by atoms with E-state index in [1.54, 1.807) is 42.5 Å². The Hall–Kier alpha value is -2.73. The summed E-state index contributed by atoms with van der Waals surface area (Å²) >= 11 is 6.20. The summed E-state index contributed by atoms with van der Waals surface area (Å²) < 4.78 is 16.3. The Kier molecular flexibility index (Phi) is 16.9. The van der Waals surface area contributed by atoms with Crippen LogP contribution in [0.2, 0.25) is 0 Å². The maximum absolute atomic E-state index is 12.7. The lowest BCUT2D eigenvalue weighted by Crippen LogP contribution is -2.30. The lowest BCUT2D eigenvalue weighted by Gasteiger charge is -2.13. The Balaban J connectivity index is 1.59. The highest BCUT2D eigenvalue weighted by atomic mass is 35.5. The van der Waals surface area contributed by atoms with Gasteiger partial charge in [0.05, 0.1) is 20.8 Å². The molecule has 2 rings (SSSR count). The quantitative estimate of drug-likeness (QED) is 0.0658. The van der Waals surface area contributed by atoms with Crippen molar-refractivity contribution in [1.29, 1.82) is 0 Å². The molecule has 0 radical (unpaired) electrons. The fraction of sp³-hybridized carbons (Fsp3) is 0.576. The lowest BCUT2D eigenvalue weighted by molar-refractivity contribution is -0.115. The first-order chi connectivity index (χ1) is 19.5. The van der Waals surface area contributed by atoms with E-state index in [1.807, 2.05) is 0 Å². The lowest BCUT2D eigenvalue weighted by atomic mass is 10.0. The molecule has 1 N–H and O–H groups in total. The normalized spacial score (nSPS) is 11.6. The number of carbonyl (C=O) groups excluding carboxylic acids is 2. The standard InChI is InChI=1S/C33H48ClNO5/c1-4-5-6-7-8-9-10-11-12-13-14-15-16-17-24-40-28-21-18-26(19-22-28)32(36)31(34)33(37)35-27-20-23-29(38-2)30(25-27)39-3/h18-23,25,31H,4-17,24H2,1-3H3,(H,35,37). The van der Waals surface area contributed by atoms with Crippen LogP contribution in [0.3, 0.4) is 0 Å². The molecule has 0 aromatic heterocycles. The van der Waals surface area contributed by atoms with Crippen molar-refractivity contribution in [3.05, 3.63) is 48.0 Å². The summed E-state index contributed by atoms with van der Waals surface area (Å²) in [7, 11) is 3.03. The van der Waals surface area contributed by atoms with Crippen molar-refractivity contribution in [2.75, 3.05) is 26.1 Å². The van der Waals surface area contributed by atoms with Crippen LogP contribution in [0.15, 0.2) is 42.5 Å². The van der Waals surface area contributed by atoms with Crippen molar-refractivity contribution < 1.29 is 23.8 Å². The molecule has 0 saturated heterocycles. The van der Waals surface area contributed by atoms with Gasteiger partial charge in [-0.05, 0) is 42.8 Å². The van der Waals surface area contributed by atoms with Crippen LogP contribution in [0.5, 0.6) is 17.2 Å². The number of anilines is 1. The van der Waals surface area contributed by atoms with Gasteiger partial charge in [-0.25, -0.2) is 0 Å².